The monoisotopic (exact) mass is 289 g/mol. The fourth-order valence-corrected chi connectivity index (χ4v) is 2.96. The number of likely N-dealkylation sites (tertiary alicyclic amines) is 1. The van der Waals surface area contributed by atoms with Crippen LogP contribution in [0, 0.1) is 5.82 Å². The van der Waals surface area contributed by atoms with Crippen LogP contribution in [0.15, 0.2) is 18.2 Å². The largest absolute Gasteiger partial charge is 0.419 e. The molecule has 20 heavy (non-hydrogen) atoms. The molecular weight excluding hydrogens is 270 g/mol. The SMILES string of the molecule is CCCN1CCC(c2cccc(F)c2C(F)(F)F)CC1. The smallest absolute Gasteiger partial charge is 0.303 e. The standard InChI is InChI=1S/C15H19F4N/c1-2-8-20-9-6-11(7-10-20)12-4-3-5-13(16)14(12)15(17,18)19/h3-5,11H,2,6-10H2,1H3. The van der Waals surface area contributed by atoms with Gasteiger partial charge < -0.3 is 4.90 Å². The Morgan fingerprint density at radius 1 is 1.20 bits per heavy atom. The number of rotatable bonds is 3. The van der Waals surface area contributed by atoms with Crippen molar-refractivity contribution < 1.29 is 17.6 Å². The molecule has 0 unspecified atom stereocenters. The van der Waals surface area contributed by atoms with Crippen molar-refractivity contribution in [1.82, 2.24) is 4.90 Å². The zero-order valence-corrected chi connectivity index (χ0v) is 11.5. The Hall–Kier alpha value is -1.10. The predicted octanol–water partition coefficient (Wildman–Crippen LogP) is 4.43. The average molecular weight is 289 g/mol. The fourth-order valence-electron chi connectivity index (χ4n) is 2.96. The molecule has 1 aromatic carbocycles. The molecule has 1 saturated heterocycles. The zero-order valence-electron chi connectivity index (χ0n) is 11.5. The maximum absolute atomic E-state index is 13.6. The molecule has 0 radical (unpaired) electrons. The third-order valence-electron chi connectivity index (χ3n) is 3.90. The highest BCUT2D eigenvalue weighted by Gasteiger charge is 2.38. The molecule has 1 fully saturated rings. The number of benzene rings is 1. The van der Waals surface area contributed by atoms with E-state index >= 15 is 0 Å². The molecule has 0 saturated carbocycles. The van der Waals surface area contributed by atoms with Gasteiger partial charge in [0.15, 0.2) is 0 Å². The van der Waals surface area contributed by atoms with Gasteiger partial charge in [0.05, 0.1) is 5.56 Å². The van der Waals surface area contributed by atoms with E-state index in [1.54, 1.807) is 0 Å². The van der Waals surface area contributed by atoms with Gasteiger partial charge in [-0.2, -0.15) is 13.2 Å². The van der Waals surface area contributed by atoms with Crippen LogP contribution >= 0.6 is 0 Å². The maximum atomic E-state index is 13.6. The minimum absolute atomic E-state index is 0.119. The summed E-state index contributed by atoms with van der Waals surface area (Å²) in [7, 11) is 0. The number of hydrogen-bond acceptors (Lipinski definition) is 1. The van der Waals surface area contributed by atoms with Crippen molar-refractivity contribution in [2.75, 3.05) is 19.6 Å². The van der Waals surface area contributed by atoms with E-state index in [2.05, 4.69) is 11.8 Å². The quantitative estimate of drug-likeness (QED) is 0.744. The second-order valence-electron chi connectivity index (χ2n) is 5.32. The summed E-state index contributed by atoms with van der Waals surface area (Å²) in [6.07, 6.45) is -2.27. The minimum atomic E-state index is -4.62. The minimum Gasteiger partial charge on any atom is -0.303 e. The van der Waals surface area contributed by atoms with Crippen LogP contribution in [0.1, 0.15) is 43.2 Å². The van der Waals surface area contributed by atoms with Gasteiger partial charge in [-0.3, -0.25) is 0 Å². The molecule has 1 aromatic rings. The Balaban J connectivity index is 2.20. The van der Waals surface area contributed by atoms with E-state index in [0.717, 1.165) is 32.1 Å². The lowest BCUT2D eigenvalue weighted by Crippen LogP contribution is -2.34. The average Bonchev–Trinajstić information content (AvgIpc) is 2.38. The van der Waals surface area contributed by atoms with Gasteiger partial charge in [-0.1, -0.05) is 19.1 Å². The first-order chi connectivity index (χ1) is 9.43. The molecule has 5 heteroatoms. The molecule has 0 aliphatic carbocycles. The van der Waals surface area contributed by atoms with Crippen molar-refractivity contribution in [3.8, 4) is 0 Å². The van der Waals surface area contributed by atoms with Crippen molar-refractivity contribution in [2.45, 2.75) is 38.3 Å². The Kier molecular flexibility index (Phi) is 4.68. The topological polar surface area (TPSA) is 3.24 Å². The van der Waals surface area contributed by atoms with E-state index in [-0.39, 0.29) is 11.5 Å². The molecule has 0 spiro atoms. The number of nitrogens with zero attached hydrogens (tertiary/aromatic N) is 1. The van der Waals surface area contributed by atoms with Crippen LogP contribution in [0.25, 0.3) is 0 Å². The summed E-state index contributed by atoms with van der Waals surface area (Å²) in [6.45, 7) is 4.63. The van der Waals surface area contributed by atoms with Gasteiger partial charge in [0, 0.05) is 0 Å². The van der Waals surface area contributed by atoms with Crippen LogP contribution in [0.5, 0.6) is 0 Å². The fraction of sp³-hybridized carbons (Fsp3) is 0.600. The molecule has 0 atom stereocenters. The van der Waals surface area contributed by atoms with Crippen molar-refractivity contribution in [1.29, 1.82) is 0 Å². The molecular formula is C15H19F4N. The van der Waals surface area contributed by atoms with E-state index in [4.69, 9.17) is 0 Å². The molecule has 1 aliphatic heterocycles. The summed E-state index contributed by atoms with van der Waals surface area (Å²) in [5, 5.41) is 0. The Labute approximate surface area is 116 Å². The number of hydrogen-bond donors (Lipinski definition) is 0. The third kappa shape index (κ3) is 3.32. The van der Waals surface area contributed by atoms with E-state index < -0.39 is 17.6 Å². The molecule has 2 rings (SSSR count). The highest BCUT2D eigenvalue weighted by Crippen LogP contribution is 2.40. The molecule has 1 heterocycles. The molecule has 1 aliphatic rings. The van der Waals surface area contributed by atoms with Crippen molar-refractivity contribution in [3.05, 3.63) is 35.1 Å². The van der Waals surface area contributed by atoms with Crippen LogP contribution < -0.4 is 0 Å². The Morgan fingerprint density at radius 2 is 1.85 bits per heavy atom. The van der Waals surface area contributed by atoms with Crippen LogP contribution in [-0.2, 0) is 6.18 Å². The predicted molar refractivity (Wildman–Crippen MR) is 70.1 cm³/mol. The number of halogens is 4. The summed E-state index contributed by atoms with van der Waals surface area (Å²) in [4.78, 5) is 2.25. The van der Waals surface area contributed by atoms with Gasteiger partial charge in [-0.05, 0) is 56.4 Å². The molecule has 0 amide bonds. The molecule has 112 valence electrons. The third-order valence-corrected chi connectivity index (χ3v) is 3.90. The van der Waals surface area contributed by atoms with E-state index in [0.29, 0.717) is 12.8 Å². The molecule has 0 N–H and O–H groups in total. The first-order valence-corrected chi connectivity index (χ1v) is 7.01. The van der Waals surface area contributed by atoms with Gasteiger partial charge in [0.25, 0.3) is 0 Å². The second kappa shape index (κ2) is 6.12. The summed E-state index contributed by atoms with van der Waals surface area (Å²) in [5.74, 6) is -1.36. The van der Waals surface area contributed by atoms with Crippen molar-refractivity contribution in [2.24, 2.45) is 0 Å². The highest BCUT2D eigenvalue weighted by atomic mass is 19.4. The van der Waals surface area contributed by atoms with Crippen molar-refractivity contribution >= 4 is 0 Å². The lowest BCUT2D eigenvalue weighted by atomic mass is 9.86. The van der Waals surface area contributed by atoms with Gasteiger partial charge in [0.1, 0.15) is 5.82 Å². The normalized spacial score (nSPS) is 18.4. The van der Waals surface area contributed by atoms with Gasteiger partial charge >= 0.3 is 6.18 Å². The maximum Gasteiger partial charge on any atom is 0.419 e. The highest BCUT2D eigenvalue weighted by molar-refractivity contribution is 5.34. The van der Waals surface area contributed by atoms with Crippen LogP contribution in [0.4, 0.5) is 17.6 Å². The Bertz CT molecular complexity index is 448. The summed E-state index contributed by atoms with van der Waals surface area (Å²) in [5.41, 5.74) is -0.956. The van der Waals surface area contributed by atoms with Crippen molar-refractivity contribution in [3.63, 3.8) is 0 Å². The summed E-state index contributed by atoms with van der Waals surface area (Å²) < 4.78 is 52.6. The Morgan fingerprint density at radius 3 is 2.40 bits per heavy atom. The van der Waals surface area contributed by atoms with Crippen LogP contribution in [-0.4, -0.2) is 24.5 Å². The lowest BCUT2D eigenvalue weighted by molar-refractivity contribution is -0.140. The van der Waals surface area contributed by atoms with Crippen LogP contribution in [0.2, 0.25) is 0 Å². The first kappa shape index (κ1) is 15.3. The van der Waals surface area contributed by atoms with Gasteiger partial charge in [0.2, 0.25) is 0 Å². The number of piperidine rings is 1. The summed E-state index contributed by atoms with van der Waals surface area (Å²) >= 11 is 0. The second-order valence-corrected chi connectivity index (χ2v) is 5.32. The van der Waals surface area contributed by atoms with Crippen LogP contribution in [0.3, 0.4) is 0 Å². The van der Waals surface area contributed by atoms with E-state index in [9.17, 15) is 17.6 Å². The first-order valence-electron chi connectivity index (χ1n) is 7.01. The molecule has 1 nitrogen and oxygen atoms in total. The molecule has 0 aromatic heterocycles. The van der Waals surface area contributed by atoms with E-state index in [1.807, 2.05) is 0 Å². The zero-order chi connectivity index (χ0) is 14.8. The number of alkyl halides is 3. The van der Waals surface area contributed by atoms with Gasteiger partial charge in [-0.25, -0.2) is 4.39 Å². The van der Waals surface area contributed by atoms with Gasteiger partial charge in [-0.15, -0.1) is 0 Å². The van der Waals surface area contributed by atoms with E-state index in [1.165, 1.54) is 12.1 Å². The summed E-state index contributed by atoms with van der Waals surface area (Å²) in [6, 6.07) is 3.68. The lowest BCUT2D eigenvalue weighted by Gasteiger charge is -2.33. The molecule has 0 bridgehead atoms.